The average molecular weight is 344 g/mol. The van der Waals surface area contributed by atoms with Crippen LogP contribution in [0.2, 0.25) is 0 Å². The van der Waals surface area contributed by atoms with Crippen LogP contribution in [0.15, 0.2) is 24.3 Å². The molecule has 0 aromatic heterocycles. The van der Waals surface area contributed by atoms with E-state index in [1.54, 1.807) is 7.11 Å². The van der Waals surface area contributed by atoms with Crippen LogP contribution in [-0.2, 0) is 0 Å². The molecule has 4 atom stereocenters. The number of methoxy groups -OCH3 is 1. The van der Waals surface area contributed by atoms with Crippen molar-refractivity contribution in [2.75, 3.05) is 40.3 Å². The predicted octanol–water partition coefficient (Wildman–Crippen LogP) is 2.90. The molecule has 1 N–H and O–H groups in total. The Hall–Kier alpha value is -1.10. The Morgan fingerprint density at radius 3 is 2.72 bits per heavy atom. The van der Waals surface area contributed by atoms with Crippen molar-refractivity contribution in [3.05, 3.63) is 29.8 Å². The zero-order valence-electron chi connectivity index (χ0n) is 15.8. The number of benzene rings is 1. The van der Waals surface area contributed by atoms with E-state index in [9.17, 15) is 0 Å². The lowest BCUT2D eigenvalue weighted by Gasteiger charge is -2.36. The fourth-order valence-electron chi connectivity index (χ4n) is 5.30. The largest absolute Gasteiger partial charge is 0.497 e. The van der Waals surface area contributed by atoms with Crippen molar-refractivity contribution in [3.63, 3.8) is 0 Å². The van der Waals surface area contributed by atoms with Crippen LogP contribution in [0.3, 0.4) is 0 Å². The van der Waals surface area contributed by atoms with Gasteiger partial charge < -0.3 is 15.0 Å². The standard InChI is InChI=1S/C21H33N3O/c1-23-12-9-17(21(23)16-5-7-20(25-2)8-6-16)15-22-18-10-13-24-11-3-4-19(24)14-18/h5-8,17-19,21-22H,3-4,9-15H2,1-2H3/t17-,18-,19+,21+/m0/s1. The van der Waals surface area contributed by atoms with Gasteiger partial charge in [0.05, 0.1) is 7.11 Å². The zero-order valence-corrected chi connectivity index (χ0v) is 15.8. The number of hydrogen-bond acceptors (Lipinski definition) is 4. The molecule has 3 fully saturated rings. The smallest absolute Gasteiger partial charge is 0.118 e. The highest BCUT2D eigenvalue weighted by Crippen LogP contribution is 2.36. The molecule has 25 heavy (non-hydrogen) atoms. The molecule has 1 aromatic carbocycles. The number of nitrogens with one attached hydrogen (secondary N) is 1. The summed E-state index contributed by atoms with van der Waals surface area (Å²) in [5.41, 5.74) is 1.43. The van der Waals surface area contributed by atoms with Gasteiger partial charge in [0.1, 0.15) is 5.75 Å². The Morgan fingerprint density at radius 1 is 1.08 bits per heavy atom. The molecule has 0 aliphatic carbocycles. The van der Waals surface area contributed by atoms with Gasteiger partial charge in [-0.15, -0.1) is 0 Å². The van der Waals surface area contributed by atoms with Crippen molar-refractivity contribution in [1.29, 1.82) is 0 Å². The van der Waals surface area contributed by atoms with Crippen LogP contribution < -0.4 is 10.1 Å². The van der Waals surface area contributed by atoms with E-state index in [2.05, 4.69) is 46.4 Å². The molecular weight excluding hydrogens is 310 g/mol. The number of nitrogens with zero attached hydrogens (tertiary/aromatic N) is 2. The lowest BCUT2D eigenvalue weighted by molar-refractivity contribution is 0.162. The molecule has 4 rings (SSSR count). The maximum Gasteiger partial charge on any atom is 0.118 e. The maximum atomic E-state index is 5.32. The molecule has 4 heteroatoms. The molecule has 0 unspecified atom stereocenters. The monoisotopic (exact) mass is 343 g/mol. The van der Waals surface area contributed by atoms with Gasteiger partial charge >= 0.3 is 0 Å². The summed E-state index contributed by atoms with van der Waals surface area (Å²) in [6, 6.07) is 10.8. The highest BCUT2D eigenvalue weighted by atomic mass is 16.5. The van der Waals surface area contributed by atoms with E-state index in [-0.39, 0.29) is 0 Å². The van der Waals surface area contributed by atoms with Crippen LogP contribution in [0.1, 0.15) is 43.7 Å². The fourth-order valence-corrected chi connectivity index (χ4v) is 5.30. The van der Waals surface area contributed by atoms with Gasteiger partial charge in [0.15, 0.2) is 0 Å². The van der Waals surface area contributed by atoms with Crippen LogP contribution in [0.5, 0.6) is 5.75 Å². The molecule has 3 heterocycles. The van der Waals surface area contributed by atoms with Crippen molar-refractivity contribution >= 4 is 0 Å². The van der Waals surface area contributed by atoms with Crippen molar-refractivity contribution in [2.45, 2.75) is 50.2 Å². The van der Waals surface area contributed by atoms with E-state index < -0.39 is 0 Å². The molecule has 0 saturated carbocycles. The first kappa shape index (κ1) is 17.3. The first-order valence-electron chi connectivity index (χ1n) is 10.1. The van der Waals surface area contributed by atoms with E-state index in [0.717, 1.165) is 24.4 Å². The van der Waals surface area contributed by atoms with E-state index in [1.807, 2.05) is 0 Å². The van der Waals surface area contributed by atoms with Crippen molar-refractivity contribution < 1.29 is 4.74 Å². The quantitative estimate of drug-likeness (QED) is 0.890. The van der Waals surface area contributed by atoms with Crippen LogP contribution in [-0.4, -0.2) is 62.2 Å². The van der Waals surface area contributed by atoms with E-state index >= 15 is 0 Å². The van der Waals surface area contributed by atoms with Gasteiger partial charge in [-0.2, -0.15) is 0 Å². The van der Waals surface area contributed by atoms with Gasteiger partial charge in [0, 0.05) is 24.7 Å². The third-order valence-electron chi connectivity index (χ3n) is 6.72. The fraction of sp³-hybridized carbons (Fsp3) is 0.714. The molecule has 3 aliphatic rings. The number of ether oxygens (including phenoxy) is 1. The van der Waals surface area contributed by atoms with E-state index in [4.69, 9.17) is 4.74 Å². The van der Waals surface area contributed by atoms with Gasteiger partial charge in [-0.1, -0.05) is 12.1 Å². The summed E-state index contributed by atoms with van der Waals surface area (Å²) in [6.45, 7) is 4.99. The second-order valence-electron chi connectivity index (χ2n) is 8.21. The molecule has 0 amide bonds. The summed E-state index contributed by atoms with van der Waals surface area (Å²) in [4.78, 5) is 5.23. The molecule has 3 aliphatic heterocycles. The third kappa shape index (κ3) is 3.71. The van der Waals surface area contributed by atoms with Crippen LogP contribution in [0, 0.1) is 5.92 Å². The molecule has 4 nitrogen and oxygen atoms in total. The van der Waals surface area contributed by atoms with Gasteiger partial charge in [0.2, 0.25) is 0 Å². The molecule has 1 aromatic rings. The molecular formula is C21H33N3O. The minimum absolute atomic E-state index is 0.532. The van der Waals surface area contributed by atoms with Crippen LogP contribution >= 0.6 is 0 Å². The lowest BCUT2D eigenvalue weighted by Crippen LogP contribution is -2.47. The predicted molar refractivity (Wildman–Crippen MR) is 102 cm³/mol. The van der Waals surface area contributed by atoms with E-state index in [0.29, 0.717) is 12.0 Å². The molecule has 138 valence electrons. The van der Waals surface area contributed by atoms with E-state index in [1.165, 1.54) is 57.3 Å². The highest BCUT2D eigenvalue weighted by molar-refractivity contribution is 5.30. The van der Waals surface area contributed by atoms with Crippen molar-refractivity contribution in [3.8, 4) is 5.75 Å². The lowest BCUT2D eigenvalue weighted by atomic mass is 9.92. The summed E-state index contributed by atoms with van der Waals surface area (Å²) in [5.74, 6) is 1.66. The number of fused-ring (bicyclic) bond motifs is 1. The summed E-state index contributed by atoms with van der Waals surface area (Å²) < 4.78 is 5.32. The Kier molecular flexibility index (Phi) is 5.30. The summed E-state index contributed by atoms with van der Waals surface area (Å²) in [7, 11) is 4.00. The summed E-state index contributed by atoms with van der Waals surface area (Å²) in [6.07, 6.45) is 6.80. The minimum atomic E-state index is 0.532. The summed E-state index contributed by atoms with van der Waals surface area (Å²) >= 11 is 0. The summed E-state index contributed by atoms with van der Waals surface area (Å²) in [5, 5.41) is 3.94. The van der Waals surface area contributed by atoms with Gasteiger partial charge in [0.25, 0.3) is 0 Å². The second-order valence-corrected chi connectivity index (χ2v) is 8.21. The molecule has 0 radical (unpaired) electrons. The number of hydrogen-bond donors (Lipinski definition) is 1. The van der Waals surface area contributed by atoms with Crippen LogP contribution in [0.25, 0.3) is 0 Å². The maximum absolute atomic E-state index is 5.32. The number of likely N-dealkylation sites (tertiary alicyclic amines) is 1. The van der Waals surface area contributed by atoms with Crippen molar-refractivity contribution in [2.24, 2.45) is 5.92 Å². The number of piperidine rings is 1. The Balaban J connectivity index is 1.35. The first-order valence-corrected chi connectivity index (χ1v) is 10.1. The Labute approximate surface area is 152 Å². The third-order valence-corrected chi connectivity index (χ3v) is 6.72. The molecule has 0 spiro atoms. The Bertz CT molecular complexity index is 561. The SMILES string of the molecule is COc1ccc([C@@H]2[C@H](CN[C@H]3CCN4CCC[C@@H]4C3)CCN2C)cc1. The topological polar surface area (TPSA) is 27.7 Å². The van der Waals surface area contributed by atoms with Gasteiger partial charge in [-0.05, 0) is 82.4 Å². The second kappa shape index (κ2) is 7.65. The Morgan fingerprint density at radius 2 is 1.92 bits per heavy atom. The van der Waals surface area contributed by atoms with Crippen molar-refractivity contribution in [1.82, 2.24) is 15.1 Å². The van der Waals surface area contributed by atoms with Crippen LogP contribution in [0.4, 0.5) is 0 Å². The number of rotatable bonds is 5. The van der Waals surface area contributed by atoms with Gasteiger partial charge in [-0.3, -0.25) is 4.90 Å². The first-order chi connectivity index (χ1) is 12.2. The highest BCUT2D eigenvalue weighted by Gasteiger charge is 2.35. The molecule has 3 saturated heterocycles. The normalized spacial score (nSPS) is 33.5. The van der Waals surface area contributed by atoms with Gasteiger partial charge in [-0.25, -0.2) is 0 Å². The molecule has 0 bridgehead atoms. The minimum Gasteiger partial charge on any atom is -0.497 e. The zero-order chi connectivity index (χ0) is 17.2. The average Bonchev–Trinajstić information content (AvgIpc) is 3.26.